The van der Waals surface area contributed by atoms with Crippen molar-refractivity contribution in [3.63, 3.8) is 0 Å². The number of nitrogens with one attached hydrogen (secondary N) is 1. The molecule has 1 aliphatic heterocycles. The maximum absolute atomic E-state index is 11.9. The molecule has 1 saturated heterocycles. The van der Waals surface area contributed by atoms with Gasteiger partial charge in [0.15, 0.2) is 0 Å². The molecule has 5 heteroatoms. The van der Waals surface area contributed by atoms with Gasteiger partial charge in [0, 0.05) is 12.1 Å². The highest BCUT2D eigenvalue weighted by Crippen LogP contribution is 2.22. The standard InChI is InChI=1S/C14H26N2O3/c1-4-12(5-2)15-13(17)9-16-7-6-11(14(18)19)8-10(16)3/h10-12H,4-9H2,1-3H3,(H,15,17)(H,18,19). The minimum absolute atomic E-state index is 0.0503. The van der Waals surface area contributed by atoms with Gasteiger partial charge < -0.3 is 10.4 Å². The first kappa shape index (κ1) is 16.0. The zero-order valence-electron chi connectivity index (χ0n) is 12.2. The van der Waals surface area contributed by atoms with E-state index in [2.05, 4.69) is 24.1 Å². The molecule has 0 radical (unpaired) electrons. The number of aliphatic carboxylic acids is 1. The van der Waals surface area contributed by atoms with Crippen molar-refractivity contribution < 1.29 is 14.7 Å². The number of hydrogen-bond donors (Lipinski definition) is 2. The Labute approximate surface area is 115 Å². The number of likely N-dealkylation sites (tertiary alicyclic amines) is 1. The van der Waals surface area contributed by atoms with Gasteiger partial charge in [-0.05, 0) is 39.2 Å². The molecule has 2 unspecified atom stereocenters. The summed E-state index contributed by atoms with van der Waals surface area (Å²) in [6.07, 6.45) is 3.16. The van der Waals surface area contributed by atoms with Gasteiger partial charge in [0.1, 0.15) is 0 Å². The number of carbonyl (C=O) groups excluding carboxylic acids is 1. The summed E-state index contributed by atoms with van der Waals surface area (Å²) in [5, 5.41) is 12.0. The van der Waals surface area contributed by atoms with Crippen LogP contribution in [0, 0.1) is 5.92 Å². The Balaban J connectivity index is 2.41. The molecule has 1 aliphatic rings. The molecule has 0 saturated carbocycles. The van der Waals surface area contributed by atoms with Crippen molar-refractivity contribution in [3.8, 4) is 0 Å². The fourth-order valence-electron chi connectivity index (χ4n) is 2.63. The summed E-state index contributed by atoms with van der Waals surface area (Å²) in [4.78, 5) is 25.0. The van der Waals surface area contributed by atoms with E-state index in [0.29, 0.717) is 25.9 Å². The number of piperidine rings is 1. The third-order valence-corrected chi connectivity index (χ3v) is 4.06. The Hall–Kier alpha value is -1.10. The van der Waals surface area contributed by atoms with E-state index in [1.807, 2.05) is 6.92 Å². The minimum atomic E-state index is -0.715. The third-order valence-electron chi connectivity index (χ3n) is 4.06. The van der Waals surface area contributed by atoms with Gasteiger partial charge in [0.2, 0.25) is 5.91 Å². The van der Waals surface area contributed by atoms with E-state index in [1.54, 1.807) is 0 Å². The van der Waals surface area contributed by atoms with Crippen molar-refractivity contribution >= 4 is 11.9 Å². The second-order valence-corrected chi connectivity index (χ2v) is 5.46. The lowest BCUT2D eigenvalue weighted by Crippen LogP contribution is -2.48. The second-order valence-electron chi connectivity index (χ2n) is 5.46. The molecule has 110 valence electrons. The van der Waals surface area contributed by atoms with Crippen LogP contribution in [0.5, 0.6) is 0 Å². The van der Waals surface area contributed by atoms with Gasteiger partial charge in [-0.3, -0.25) is 14.5 Å². The highest BCUT2D eigenvalue weighted by atomic mass is 16.4. The third kappa shape index (κ3) is 4.82. The summed E-state index contributed by atoms with van der Waals surface area (Å²) >= 11 is 0. The molecular formula is C14H26N2O3. The molecule has 1 heterocycles. The molecule has 0 aromatic carbocycles. The lowest BCUT2D eigenvalue weighted by molar-refractivity contribution is -0.144. The molecule has 0 aromatic rings. The highest BCUT2D eigenvalue weighted by molar-refractivity contribution is 5.78. The van der Waals surface area contributed by atoms with Gasteiger partial charge in [-0.1, -0.05) is 13.8 Å². The molecule has 0 bridgehead atoms. The maximum atomic E-state index is 11.9. The fourth-order valence-corrected chi connectivity index (χ4v) is 2.63. The van der Waals surface area contributed by atoms with Gasteiger partial charge in [0.05, 0.1) is 12.5 Å². The predicted octanol–water partition coefficient (Wildman–Crippen LogP) is 1.48. The maximum Gasteiger partial charge on any atom is 0.306 e. The summed E-state index contributed by atoms with van der Waals surface area (Å²) in [6, 6.07) is 0.404. The normalized spacial score (nSPS) is 24.4. The van der Waals surface area contributed by atoms with Crippen LogP contribution >= 0.6 is 0 Å². The van der Waals surface area contributed by atoms with E-state index in [-0.39, 0.29) is 23.9 Å². The topological polar surface area (TPSA) is 69.6 Å². The van der Waals surface area contributed by atoms with Crippen molar-refractivity contribution in [2.45, 2.75) is 58.5 Å². The molecule has 1 amide bonds. The van der Waals surface area contributed by atoms with Gasteiger partial charge in [-0.25, -0.2) is 0 Å². The average molecular weight is 270 g/mol. The van der Waals surface area contributed by atoms with E-state index >= 15 is 0 Å². The van der Waals surface area contributed by atoms with Gasteiger partial charge in [0.25, 0.3) is 0 Å². The van der Waals surface area contributed by atoms with Crippen LogP contribution in [0.1, 0.15) is 46.5 Å². The van der Waals surface area contributed by atoms with Crippen molar-refractivity contribution in [2.24, 2.45) is 5.92 Å². The number of nitrogens with zero attached hydrogens (tertiary/aromatic N) is 1. The second kappa shape index (κ2) is 7.48. The number of rotatable bonds is 6. The number of amides is 1. The van der Waals surface area contributed by atoms with E-state index in [0.717, 1.165) is 12.8 Å². The Morgan fingerprint density at radius 3 is 2.47 bits per heavy atom. The first-order valence-electron chi connectivity index (χ1n) is 7.24. The Morgan fingerprint density at radius 2 is 2.00 bits per heavy atom. The van der Waals surface area contributed by atoms with Crippen LogP contribution in [-0.4, -0.2) is 47.1 Å². The number of hydrogen-bond acceptors (Lipinski definition) is 3. The lowest BCUT2D eigenvalue weighted by atomic mass is 9.92. The molecule has 2 atom stereocenters. The highest BCUT2D eigenvalue weighted by Gasteiger charge is 2.30. The van der Waals surface area contributed by atoms with Gasteiger partial charge in [-0.15, -0.1) is 0 Å². The molecule has 2 N–H and O–H groups in total. The van der Waals surface area contributed by atoms with Crippen LogP contribution in [0.2, 0.25) is 0 Å². The van der Waals surface area contributed by atoms with Crippen molar-refractivity contribution in [3.05, 3.63) is 0 Å². The van der Waals surface area contributed by atoms with E-state index in [9.17, 15) is 9.59 Å². The molecule has 0 aromatic heterocycles. The van der Waals surface area contributed by atoms with E-state index in [1.165, 1.54) is 0 Å². The zero-order valence-corrected chi connectivity index (χ0v) is 12.2. The summed E-state index contributed by atoms with van der Waals surface area (Å²) in [6.45, 7) is 7.20. The van der Waals surface area contributed by atoms with Crippen LogP contribution in [0.25, 0.3) is 0 Å². The monoisotopic (exact) mass is 270 g/mol. The fraction of sp³-hybridized carbons (Fsp3) is 0.857. The van der Waals surface area contributed by atoms with Crippen LogP contribution < -0.4 is 5.32 Å². The Bertz CT molecular complexity index is 316. The predicted molar refractivity (Wildman–Crippen MR) is 73.9 cm³/mol. The first-order valence-corrected chi connectivity index (χ1v) is 7.24. The summed E-state index contributed by atoms with van der Waals surface area (Å²) in [5.41, 5.74) is 0. The smallest absolute Gasteiger partial charge is 0.306 e. The largest absolute Gasteiger partial charge is 0.481 e. The molecule has 0 aliphatic carbocycles. The van der Waals surface area contributed by atoms with Crippen molar-refractivity contribution in [1.82, 2.24) is 10.2 Å². The molecule has 1 fully saturated rings. The van der Waals surface area contributed by atoms with Crippen LogP contribution in [0.4, 0.5) is 0 Å². The molecular weight excluding hydrogens is 244 g/mol. The van der Waals surface area contributed by atoms with E-state index < -0.39 is 5.97 Å². The average Bonchev–Trinajstić information content (AvgIpc) is 2.38. The number of carbonyl (C=O) groups is 2. The van der Waals surface area contributed by atoms with Crippen LogP contribution in [-0.2, 0) is 9.59 Å². The molecule has 5 nitrogen and oxygen atoms in total. The number of carboxylic acid groups (broad SMARTS) is 1. The summed E-state index contributed by atoms with van der Waals surface area (Å²) in [5.74, 6) is -0.921. The number of carboxylic acids is 1. The summed E-state index contributed by atoms with van der Waals surface area (Å²) < 4.78 is 0. The molecule has 0 spiro atoms. The quantitative estimate of drug-likeness (QED) is 0.767. The van der Waals surface area contributed by atoms with Crippen molar-refractivity contribution in [2.75, 3.05) is 13.1 Å². The molecule has 19 heavy (non-hydrogen) atoms. The first-order chi connectivity index (χ1) is 8.97. The minimum Gasteiger partial charge on any atom is -0.481 e. The Morgan fingerprint density at radius 1 is 1.37 bits per heavy atom. The SMILES string of the molecule is CCC(CC)NC(=O)CN1CCC(C(=O)O)CC1C. The molecule has 1 rings (SSSR count). The van der Waals surface area contributed by atoms with E-state index in [4.69, 9.17) is 5.11 Å². The Kier molecular flexibility index (Phi) is 6.28. The summed E-state index contributed by atoms with van der Waals surface area (Å²) in [7, 11) is 0. The van der Waals surface area contributed by atoms with Gasteiger partial charge in [-0.2, -0.15) is 0 Å². The van der Waals surface area contributed by atoms with Gasteiger partial charge >= 0.3 is 5.97 Å². The zero-order chi connectivity index (χ0) is 14.4. The van der Waals surface area contributed by atoms with Crippen LogP contribution in [0.15, 0.2) is 0 Å². The van der Waals surface area contributed by atoms with Crippen molar-refractivity contribution in [1.29, 1.82) is 0 Å². The lowest BCUT2D eigenvalue weighted by Gasteiger charge is -2.35. The van der Waals surface area contributed by atoms with Crippen LogP contribution in [0.3, 0.4) is 0 Å².